The predicted molar refractivity (Wildman–Crippen MR) is 78.5 cm³/mol. The molecule has 0 spiro atoms. The fraction of sp³-hybridized carbons (Fsp3) is 0.308. The Morgan fingerprint density at radius 2 is 1.10 bits per heavy atom. The average molecular weight is 305 g/mol. The zero-order chi connectivity index (χ0) is 18.0. The van der Waals surface area contributed by atoms with E-state index in [-0.39, 0.29) is 24.4 Å². The van der Waals surface area contributed by atoms with Crippen molar-refractivity contribution in [1.82, 2.24) is 0 Å². The molecule has 0 aromatic heterocycles. The van der Waals surface area contributed by atoms with Crippen LogP contribution in [0.2, 0.25) is 0 Å². The van der Waals surface area contributed by atoms with E-state index in [1.54, 1.807) is 0 Å². The molecule has 21 heavy (non-hydrogen) atoms. The van der Waals surface area contributed by atoms with Crippen molar-refractivity contribution in [1.29, 1.82) is 0 Å². The minimum absolute atomic E-state index is 0.125. The van der Waals surface area contributed by atoms with Gasteiger partial charge in [0.05, 0.1) is 13.2 Å². The molecule has 0 unspecified atom stereocenters. The number of primary amides is 1. The molecule has 0 aromatic carbocycles. The summed E-state index contributed by atoms with van der Waals surface area (Å²) in [6.07, 6.45) is 1.06. The summed E-state index contributed by atoms with van der Waals surface area (Å²) in [6.45, 7) is 12.0. The van der Waals surface area contributed by atoms with E-state index >= 15 is 0 Å². The number of carbonyl (C=O) groups excluding carboxylic acids is 1. The van der Waals surface area contributed by atoms with Crippen molar-refractivity contribution in [2.45, 2.75) is 13.8 Å². The molecule has 1 amide bonds. The summed E-state index contributed by atoms with van der Waals surface area (Å²) in [7, 11) is 0. The number of carboxylic acid groups (broad SMARTS) is 2. The van der Waals surface area contributed by atoms with Crippen LogP contribution in [0.25, 0.3) is 0 Å². The largest absolute Gasteiger partial charge is 0.478 e. The molecule has 0 aliphatic rings. The van der Waals surface area contributed by atoms with Gasteiger partial charge in [0.25, 0.3) is 0 Å². The van der Waals surface area contributed by atoms with Gasteiger partial charge in [0.15, 0.2) is 0 Å². The van der Waals surface area contributed by atoms with Crippen LogP contribution in [0.3, 0.4) is 0 Å². The standard InChI is InChI=1S/2C4H6O2.C3H5NO.C2H6O2/c2*1-3(2)4(5)6;1-2-3(4)5;3-1-2-4/h2*1H2,2H3,(H,5,6);2H,1H2,(H2,4,5);3-4H,1-2H2. The van der Waals surface area contributed by atoms with E-state index < -0.39 is 17.8 Å². The Labute approximate surface area is 123 Å². The predicted octanol–water partition coefficient (Wildman–Crippen LogP) is -0.0771. The summed E-state index contributed by atoms with van der Waals surface area (Å²) in [5.41, 5.74) is 4.89. The maximum absolute atomic E-state index is 9.60. The number of hydrogen-bond acceptors (Lipinski definition) is 5. The van der Waals surface area contributed by atoms with Gasteiger partial charge in [-0.1, -0.05) is 19.7 Å². The van der Waals surface area contributed by atoms with Gasteiger partial charge in [-0.05, 0) is 19.9 Å². The maximum atomic E-state index is 9.60. The van der Waals surface area contributed by atoms with Gasteiger partial charge in [-0.25, -0.2) is 9.59 Å². The van der Waals surface area contributed by atoms with Crippen molar-refractivity contribution in [3.05, 3.63) is 37.0 Å². The van der Waals surface area contributed by atoms with Crippen LogP contribution in [-0.2, 0) is 14.4 Å². The number of nitrogens with two attached hydrogens (primary N) is 1. The van der Waals surface area contributed by atoms with Crippen molar-refractivity contribution in [2.75, 3.05) is 13.2 Å². The number of hydrogen-bond donors (Lipinski definition) is 5. The Balaban J connectivity index is -0.0000000929. The summed E-state index contributed by atoms with van der Waals surface area (Å²) in [5, 5.41) is 31.0. The lowest BCUT2D eigenvalue weighted by molar-refractivity contribution is -0.133. The van der Waals surface area contributed by atoms with Crippen LogP contribution in [-0.4, -0.2) is 51.5 Å². The molecule has 6 N–H and O–H groups in total. The molecule has 0 aliphatic heterocycles. The third-order valence-corrected chi connectivity index (χ3v) is 1.03. The molecule has 0 fully saturated rings. The number of carboxylic acids is 2. The Morgan fingerprint density at radius 3 is 1.10 bits per heavy atom. The van der Waals surface area contributed by atoms with Crippen molar-refractivity contribution in [3.63, 3.8) is 0 Å². The van der Waals surface area contributed by atoms with Crippen LogP contribution in [0.5, 0.6) is 0 Å². The highest BCUT2D eigenvalue weighted by atomic mass is 16.4. The molecule has 8 heteroatoms. The Kier molecular flexibility index (Phi) is 25.5. The number of aliphatic hydroxyl groups is 2. The fourth-order valence-electron chi connectivity index (χ4n) is 0. The van der Waals surface area contributed by atoms with Crippen LogP contribution < -0.4 is 5.73 Å². The van der Waals surface area contributed by atoms with Gasteiger partial charge in [0.1, 0.15) is 0 Å². The highest BCUT2D eigenvalue weighted by molar-refractivity contribution is 5.85. The summed E-state index contributed by atoms with van der Waals surface area (Å²) in [6, 6.07) is 0. The second-order valence-corrected chi connectivity index (χ2v) is 3.22. The minimum atomic E-state index is -0.935. The molecule has 8 nitrogen and oxygen atoms in total. The van der Waals surface area contributed by atoms with E-state index in [4.69, 9.17) is 20.4 Å². The van der Waals surface area contributed by atoms with Crippen molar-refractivity contribution < 1.29 is 34.8 Å². The molecule has 0 rings (SSSR count). The van der Waals surface area contributed by atoms with Crippen molar-refractivity contribution in [3.8, 4) is 0 Å². The number of carbonyl (C=O) groups is 3. The van der Waals surface area contributed by atoms with Crippen molar-refractivity contribution in [2.24, 2.45) is 5.73 Å². The quantitative estimate of drug-likeness (QED) is 0.454. The van der Waals surface area contributed by atoms with E-state index in [0.717, 1.165) is 6.08 Å². The number of amides is 1. The van der Waals surface area contributed by atoms with Gasteiger partial charge in [0, 0.05) is 11.1 Å². The minimum Gasteiger partial charge on any atom is -0.478 e. The van der Waals surface area contributed by atoms with Gasteiger partial charge in [0.2, 0.25) is 5.91 Å². The highest BCUT2D eigenvalue weighted by Crippen LogP contribution is 1.81. The summed E-state index contributed by atoms with van der Waals surface area (Å²) < 4.78 is 0. The molecule has 0 aliphatic carbocycles. The van der Waals surface area contributed by atoms with Gasteiger partial charge < -0.3 is 26.2 Å². The topological polar surface area (TPSA) is 158 Å². The number of rotatable bonds is 4. The molecule has 0 saturated heterocycles. The fourth-order valence-corrected chi connectivity index (χ4v) is 0. The summed E-state index contributed by atoms with van der Waals surface area (Å²) in [5.74, 6) is -2.35. The third-order valence-electron chi connectivity index (χ3n) is 1.03. The SMILES string of the molecule is C=C(C)C(=O)O.C=C(C)C(=O)O.C=CC(N)=O.OCCO. The molecular formula is C13H23NO7. The molecular weight excluding hydrogens is 282 g/mol. The lowest BCUT2D eigenvalue weighted by atomic mass is 10.4. The maximum Gasteiger partial charge on any atom is 0.330 e. The van der Waals surface area contributed by atoms with Gasteiger partial charge in [-0.2, -0.15) is 0 Å². The van der Waals surface area contributed by atoms with Crippen LogP contribution in [0.4, 0.5) is 0 Å². The highest BCUT2D eigenvalue weighted by Gasteiger charge is 1.90. The average Bonchev–Trinajstić information content (AvgIpc) is 2.40. The van der Waals surface area contributed by atoms with Crippen LogP contribution in [0.15, 0.2) is 37.0 Å². The molecule has 0 aromatic rings. The summed E-state index contributed by atoms with van der Waals surface area (Å²) in [4.78, 5) is 28.7. The van der Waals surface area contributed by atoms with E-state index in [1.807, 2.05) is 0 Å². The molecule has 0 bridgehead atoms. The molecule has 0 saturated carbocycles. The number of aliphatic hydroxyl groups excluding tert-OH is 2. The van der Waals surface area contributed by atoms with Crippen molar-refractivity contribution >= 4 is 17.8 Å². The van der Waals surface area contributed by atoms with E-state index in [1.165, 1.54) is 13.8 Å². The normalized spacial score (nSPS) is 7.24. The first kappa shape index (κ1) is 27.0. The van der Waals surface area contributed by atoms with Crippen LogP contribution in [0, 0.1) is 0 Å². The lowest BCUT2D eigenvalue weighted by Gasteiger charge is -1.79. The first-order chi connectivity index (χ1) is 9.47. The Bertz CT molecular complexity index is 312. The smallest absolute Gasteiger partial charge is 0.330 e. The van der Waals surface area contributed by atoms with E-state index in [0.29, 0.717) is 0 Å². The molecule has 122 valence electrons. The first-order valence-electron chi connectivity index (χ1n) is 5.38. The number of aliphatic carboxylic acids is 2. The second-order valence-electron chi connectivity index (χ2n) is 3.22. The van der Waals surface area contributed by atoms with Gasteiger partial charge in [-0.3, -0.25) is 4.79 Å². The Morgan fingerprint density at radius 1 is 0.952 bits per heavy atom. The molecule has 0 atom stereocenters. The molecule has 0 heterocycles. The first-order valence-corrected chi connectivity index (χ1v) is 5.38. The monoisotopic (exact) mass is 305 g/mol. The van der Waals surface area contributed by atoms with Gasteiger partial charge >= 0.3 is 11.9 Å². The van der Waals surface area contributed by atoms with E-state index in [2.05, 4.69) is 25.5 Å². The van der Waals surface area contributed by atoms with Crippen LogP contribution in [0.1, 0.15) is 13.8 Å². The molecule has 0 radical (unpaired) electrons. The van der Waals surface area contributed by atoms with Crippen LogP contribution >= 0.6 is 0 Å². The zero-order valence-electron chi connectivity index (χ0n) is 12.2. The Hall–Kier alpha value is -2.45. The van der Waals surface area contributed by atoms with E-state index in [9.17, 15) is 14.4 Å². The zero-order valence-corrected chi connectivity index (χ0v) is 12.2. The lowest BCUT2D eigenvalue weighted by Crippen LogP contribution is -2.04. The second kappa shape index (κ2) is 19.9. The summed E-state index contributed by atoms with van der Waals surface area (Å²) >= 11 is 0. The third kappa shape index (κ3) is 58.1. The van der Waals surface area contributed by atoms with Gasteiger partial charge in [-0.15, -0.1) is 0 Å².